The predicted octanol–water partition coefficient (Wildman–Crippen LogP) is 2.14. The monoisotopic (exact) mass is 145 g/mol. The van der Waals surface area contributed by atoms with E-state index in [0.29, 0.717) is 5.71 Å². The summed E-state index contributed by atoms with van der Waals surface area (Å²) >= 11 is 0. The number of hydrogen-bond donors (Lipinski definition) is 1. The molecule has 0 radical (unpaired) electrons. The van der Waals surface area contributed by atoms with Gasteiger partial charge in [-0.3, -0.25) is 0 Å². The Labute approximate surface area is 60.0 Å². The van der Waals surface area contributed by atoms with Crippen LogP contribution in [0.3, 0.4) is 0 Å². The van der Waals surface area contributed by atoms with E-state index in [9.17, 15) is 4.39 Å². The zero-order valence-electron chi connectivity index (χ0n) is 6.21. The first-order valence-electron chi connectivity index (χ1n) is 3.15. The molecule has 0 aromatic heterocycles. The minimum absolute atomic E-state index is 0.167. The number of hydrogen-bond acceptors (Lipinski definition) is 2. The maximum Gasteiger partial charge on any atom is 0.124 e. The largest absolute Gasteiger partial charge is 0.411 e. The molecule has 0 saturated carbocycles. The summed E-state index contributed by atoms with van der Waals surface area (Å²) < 4.78 is 12.6. The van der Waals surface area contributed by atoms with E-state index in [0.717, 1.165) is 0 Å². The Balaban J connectivity index is 3.68. The van der Waals surface area contributed by atoms with Gasteiger partial charge < -0.3 is 5.21 Å². The molecule has 0 aromatic rings. The van der Waals surface area contributed by atoms with E-state index in [2.05, 4.69) is 5.16 Å². The standard InChI is InChI=1S/C7H12FNO/c1-3-4-7(8)5-6(2)9-10/h3-4,7,10H,5H2,1-2H3/b4-3+,9-6-/t7-/m1/s1. The highest BCUT2D eigenvalue weighted by atomic mass is 19.1. The first-order chi connectivity index (χ1) is 4.70. The second kappa shape index (κ2) is 4.97. The molecule has 58 valence electrons. The molecule has 0 heterocycles. The van der Waals surface area contributed by atoms with E-state index in [4.69, 9.17) is 5.21 Å². The van der Waals surface area contributed by atoms with Gasteiger partial charge in [0.25, 0.3) is 0 Å². The second-order valence-corrected chi connectivity index (χ2v) is 2.08. The molecule has 0 aliphatic carbocycles. The van der Waals surface area contributed by atoms with E-state index in [-0.39, 0.29) is 6.42 Å². The average Bonchev–Trinajstić information content (AvgIpc) is 1.88. The summed E-state index contributed by atoms with van der Waals surface area (Å²) in [5.74, 6) is 0. The Morgan fingerprint density at radius 2 is 2.40 bits per heavy atom. The van der Waals surface area contributed by atoms with Gasteiger partial charge in [-0.25, -0.2) is 4.39 Å². The van der Waals surface area contributed by atoms with Gasteiger partial charge in [-0.05, 0) is 13.8 Å². The van der Waals surface area contributed by atoms with Crippen molar-refractivity contribution in [3.05, 3.63) is 12.2 Å². The molecule has 10 heavy (non-hydrogen) atoms. The van der Waals surface area contributed by atoms with Crippen molar-refractivity contribution in [2.75, 3.05) is 0 Å². The van der Waals surface area contributed by atoms with Gasteiger partial charge in [0.15, 0.2) is 0 Å². The lowest BCUT2D eigenvalue weighted by atomic mass is 10.2. The van der Waals surface area contributed by atoms with Crippen LogP contribution < -0.4 is 0 Å². The lowest BCUT2D eigenvalue weighted by Gasteiger charge is -1.98. The van der Waals surface area contributed by atoms with Gasteiger partial charge in [0.1, 0.15) is 6.17 Å². The van der Waals surface area contributed by atoms with Crippen LogP contribution >= 0.6 is 0 Å². The smallest absolute Gasteiger partial charge is 0.124 e. The Morgan fingerprint density at radius 1 is 1.80 bits per heavy atom. The van der Waals surface area contributed by atoms with Crippen molar-refractivity contribution in [2.45, 2.75) is 26.4 Å². The molecule has 0 aliphatic heterocycles. The third kappa shape index (κ3) is 4.06. The second-order valence-electron chi connectivity index (χ2n) is 2.08. The van der Waals surface area contributed by atoms with Crippen LogP contribution in [-0.2, 0) is 0 Å². The fraction of sp³-hybridized carbons (Fsp3) is 0.571. The molecule has 0 spiro atoms. The Hall–Kier alpha value is -0.860. The molecule has 0 aliphatic rings. The number of halogens is 1. The lowest BCUT2D eigenvalue weighted by Crippen LogP contribution is -2.02. The van der Waals surface area contributed by atoms with E-state index in [1.54, 1.807) is 19.9 Å². The summed E-state index contributed by atoms with van der Waals surface area (Å²) in [5, 5.41) is 11.0. The maximum absolute atomic E-state index is 12.6. The summed E-state index contributed by atoms with van der Waals surface area (Å²) in [4.78, 5) is 0. The highest BCUT2D eigenvalue weighted by Crippen LogP contribution is 2.00. The summed E-state index contributed by atoms with van der Waals surface area (Å²) in [6, 6.07) is 0. The van der Waals surface area contributed by atoms with E-state index < -0.39 is 6.17 Å². The van der Waals surface area contributed by atoms with E-state index in [1.165, 1.54) is 6.08 Å². The quantitative estimate of drug-likeness (QED) is 0.280. The normalized spacial score (nSPS) is 16.1. The predicted molar refractivity (Wildman–Crippen MR) is 39.2 cm³/mol. The van der Waals surface area contributed by atoms with Crippen molar-refractivity contribution in [3.8, 4) is 0 Å². The van der Waals surface area contributed by atoms with Crippen molar-refractivity contribution >= 4 is 5.71 Å². The van der Waals surface area contributed by atoms with Crippen molar-refractivity contribution < 1.29 is 9.60 Å². The third-order valence-electron chi connectivity index (χ3n) is 1.06. The van der Waals surface area contributed by atoms with Gasteiger partial charge in [-0.15, -0.1) is 0 Å². The highest BCUT2D eigenvalue weighted by Gasteiger charge is 2.02. The van der Waals surface area contributed by atoms with Crippen LogP contribution in [0.1, 0.15) is 20.3 Å². The number of alkyl halides is 1. The minimum Gasteiger partial charge on any atom is -0.411 e. The topological polar surface area (TPSA) is 32.6 Å². The van der Waals surface area contributed by atoms with Crippen LogP contribution in [0.2, 0.25) is 0 Å². The third-order valence-corrected chi connectivity index (χ3v) is 1.06. The summed E-state index contributed by atoms with van der Waals surface area (Å²) in [6.45, 7) is 3.33. The number of allylic oxidation sites excluding steroid dienone is 2. The zero-order chi connectivity index (χ0) is 7.98. The number of nitrogens with zero attached hydrogens (tertiary/aromatic N) is 1. The molecule has 0 bridgehead atoms. The van der Waals surface area contributed by atoms with Crippen LogP contribution in [0.5, 0.6) is 0 Å². The van der Waals surface area contributed by atoms with Gasteiger partial charge in [0, 0.05) is 6.42 Å². The van der Waals surface area contributed by atoms with Crippen molar-refractivity contribution in [3.63, 3.8) is 0 Å². The van der Waals surface area contributed by atoms with Crippen molar-refractivity contribution in [1.29, 1.82) is 0 Å². The molecule has 0 fully saturated rings. The summed E-state index contributed by atoms with van der Waals surface area (Å²) in [6.07, 6.45) is 2.20. The van der Waals surface area contributed by atoms with Gasteiger partial charge >= 0.3 is 0 Å². The van der Waals surface area contributed by atoms with Crippen LogP contribution in [0.15, 0.2) is 17.3 Å². The van der Waals surface area contributed by atoms with Gasteiger partial charge in [-0.1, -0.05) is 17.3 Å². The molecule has 0 unspecified atom stereocenters. The minimum atomic E-state index is -1.03. The number of rotatable bonds is 3. The van der Waals surface area contributed by atoms with Gasteiger partial charge in [0.05, 0.1) is 5.71 Å². The van der Waals surface area contributed by atoms with Crippen LogP contribution in [0.4, 0.5) is 4.39 Å². The molecule has 1 atom stereocenters. The first-order valence-corrected chi connectivity index (χ1v) is 3.15. The average molecular weight is 145 g/mol. The fourth-order valence-corrected chi connectivity index (χ4v) is 0.600. The van der Waals surface area contributed by atoms with Crippen LogP contribution in [0.25, 0.3) is 0 Å². The molecular formula is C7H12FNO. The highest BCUT2D eigenvalue weighted by molar-refractivity contribution is 5.81. The Kier molecular flexibility index (Phi) is 4.54. The van der Waals surface area contributed by atoms with Crippen LogP contribution in [-0.4, -0.2) is 17.1 Å². The lowest BCUT2D eigenvalue weighted by molar-refractivity contribution is 0.313. The maximum atomic E-state index is 12.6. The summed E-state index contributed by atoms with van der Waals surface area (Å²) in [7, 11) is 0. The SMILES string of the molecule is C/C=C/[C@@H](F)C/C(C)=N\O. The molecule has 0 amide bonds. The molecule has 3 heteroatoms. The summed E-state index contributed by atoms with van der Waals surface area (Å²) in [5.41, 5.74) is 0.408. The molecule has 1 N–H and O–H groups in total. The van der Waals surface area contributed by atoms with Crippen molar-refractivity contribution in [1.82, 2.24) is 0 Å². The zero-order valence-corrected chi connectivity index (χ0v) is 6.21. The molecular weight excluding hydrogens is 133 g/mol. The molecule has 0 aromatic carbocycles. The van der Waals surface area contributed by atoms with Crippen molar-refractivity contribution in [2.24, 2.45) is 5.16 Å². The fourth-order valence-electron chi connectivity index (χ4n) is 0.600. The number of oxime groups is 1. The van der Waals surface area contributed by atoms with E-state index >= 15 is 0 Å². The molecule has 2 nitrogen and oxygen atoms in total. The van der Waals surface area contributed by atoms with Gasteiger partial charge in [-0.2, -0.15) is 0 Å². The van der Waals surface area contributed by atoms with Crippen LogP contribution in [0, 0.1) is 0 Å². The molecule has 0 rings (SSSR count). The molecule has 0 saturated heterocycles. The van der Waals surface area contributed by atoms with E-state index in [1.807, 2.05) is 0 Å². The first kappa shape index (κ1) is 9.14. The Bertz CT molecular complexity index is 143. The Morgan fingerprint density at radius 3 is 2.80 bits per heavy atom. The van der Waals surface area contributed by atoms with Gasteiger partial charge in [0.2, 0.25) is 0 Å².